The minimum Gasteiger partial charge on any atom is -0.358 e. The highest BCUT2D eigenvalue weighted by Crippen LogP contribution is 2.27. The molecule has 0 spiro atoms. The Morgan fingerprint density at radius 1 is 1.56 bits per heavy atom. The predicted molar refractivity (Wildman–Crippen MR) is 73.6 cm³/mol. The molecule has 0 bridgehead atoms. The molecule has 1 aliphatic rings. The number of benzene rings is 1. The van der Waals surface area contributed by atoms with Crippen molar-refractivity contribution in [2.75, 3.05) is 18.0 Å². The molecule has 2 rings (SSSR count). The number of para-hydroxylation sites is 1. The number of likely N-dealkylation sites (N-methyl/N-ethyl adjacent to an activating group) is 1. The zero-order valence-electron chi connectivity index (χ0n) is 11.0. The molecule has 2 unspecified atom stereocenters. The minimum atomic E-state index is -0.183. The zero-order valence-corrected chi connectivity index (χ0v) is 11.0. The van der Waals surface area contributed by atoms with Crippen LogP contribution in [0.2, 0.25) is 0 Å². The summed E-state index contributed by atoms with van der Waals surface area (Å²) in [6, 6.07) is 8.09. The average molecular weight is 247 g/mol. The molecule has 4 nitrogen and oxygen atoms in total. The second-order valence-corrected chi connectivity index (χ2v) is 4.82. The Kier molecular flexibility index (Phi) is 3.87. The smallest absolute Gasteiger partial charge is 0.242 e. The number of hydrogen-bond acceptors (Lipinski definition) is 3. The van der Waals surface area contributed by atoms with Gasteiger partial charge in [0.25, 0.3) is 0 Å². The first-order valence-corrected chi connectivity index (χ1v) is 6.51. The van der Waals surface area contributed by atoms with Gasteiger partial charge in [-0.05, 0) is 31.9 Å². The van der Waals surface area contributed by atoms with Crippen LogP contribution >= 0.6 is 0 Å². The summed E-state index contributed by atoms with van der Waals surface area (Å²) in [6.07, 6.45) is 0.884. The van der Waals surface area contributed by atoms with Crippen LogP contribution in [0.3, 0.4) is 0 Å². The third-order valence-electron chi connectivity index (χ3n) is 3.41. The second kappa shape index (κ2) is 5.40. The van der Waals surface area contributed by atoms with Crippen LogP contribution in [0.15, 0.2) is 24.3 Å². The van der Waals surface area contributed by atoms with E-state index in [1.165, 1.54) is 5.56 Å². The van der Waals surface area contributed by atoms with Crippen molar-refractivity contribution in [3.05, 3.63) is 29.8 Å². The Balaban J connectivity index is 2.25. The maximum absolute atomic E-state index is 12.0. The van der Waals surface area contributed by atoms with Gasteiger partial charge in [0.15, 0.2) is 0 Å². The number of anilines is 1. The van der Waals surface area contributed by atoms with Gasteiger partial charge < -0.3 is 16.0 Å². The largest absolute Gasteiger partial charge is 0.358 e. The first-order valence-electron chi connectivity index (χ1n) is 6.51. The van der Waals surface area contributed by atoms with Gasteiger partial charge in [-0.15, -0.1) is 0 Å². The molecule has 1 aliphatic heterocycles. The number of nitrogens with two attached hydrogens (primary N) is 1. The van der Waals surface area contributed by atoms with Crippen LogP contribution in [-0.4, -0.2) is 31.1 Å². The molecule has 98 valence electrons. The first-order chi connectivity index (χ1) is 8.63. The lowest BCUT2D eigenvalue weighted by molar-refractivity contribution is -0.122. The van der Waals surface area contributed by atoms with Gasteiger partial charge in [0.2, 0.25) is 5.91 Å². The van der Waals surface area contributed by atoms with E-state index in [2.05, 4.69) is 22.3 Å². The lowest BCUT2D eigenvalue weighted by Crippen LogP contribution is -2.52. The summed E-state index contributed by atoms with van der Waals surface area (Å²) in [7, 11) is 0. The van der Waals surface area contributed by atoms with Crippen LogP contribution < -0.4 is 16.0 Å². The predicted octanol–water partition coefficient (Wildman–Crippen LogP) is 0.901. The molecule has 1 amide bonds. The SMILES string of the molecule is CCNC(=O)C(C)N1CC(N)Cc2ccccc21. The van der Waals surface area contributed by atoms with Gasteiger partial charge in [0.05, 0.1) is 0 Å². The van der Waals surface area contributed by atoms with E-state index in [9.17, 15) is 4.79 Å². The molecule has 1 aromatic rings. The van der Waals surface area contributed by atoms with Crippen LogP contribution in [0, 0.1) is 0 Å². The summed E-state index contributed by atoms with van der Waals surface area (Å²) in [5.74, 6) is 0.0569. The quantitative estimate of drug-likeness (QED) is 0.834. The van der Waals surface area contributed by atoms with E-state index < -0.39 is 0 Å². The number of hydrogen-bond donors (Lipinski definition) is 2. The van der Waals surface area contributed by atoms with E-state index >= 15 is 0 Å². The van der Waals surface area contributed by atoms with E-state index in [0.29, 0.717) is 6.54 Å². The van der Waals surface area contributed by atoms with E-state index in [1.54, 1.807) is 0 Å². The van der Waals surface area contributed by atoms with Gasteiger partial charge in [0.1, 0.15) is 6.04 Å². The van der Waals surface area contributed by atoms with Crippen molar-refractivity contribution in [1.82, 2.24) is 5.32 Å². The van der Waals surface area contributed by atoms with Gasteiger partial charge in [0, 0.05) is 24.8 Å². The van der Waals surface area contributed by atoms with Crippen LogP contribution in [0.4, 0.5) is 5.69 Å². The Morgan fingerprint density at radius 2 is 2.28 bits per heavy atom. The highest BCUT2D eigenvalue weighted by Gasteiger charge is 2.28. The standard InChI is InChI=1S/C14H21N3O/c1-3-16-14(18)10(2)17-9-12(15)8-11-6-4-5-7-13(11)17/h4-7,10,12H,3,8-9,15H2,1-2H3,(H,16,18). The number of fused-ring (bicyclic) bond motifs is 1. The van der Waals surface area contributed by atoms with Crippen molar-refractivity contribution >= 4 is 11.6 Å². The molecule has 0 aliphatic carbocycles. The Morgan fingerprint density at radius 3 is 3.00 bits per heavy atom. The van der Waals surface area contributed by atoms with Crippen molar-refractivity contribution in [3.8, 4) is 0 Å². The molecule has 0 fully saturated rings. The maximum Gasteiger partial charge on any atom is 0.242 e. The van der Waals surface area contributed by atoms with Crippen molar-refractivity contribution in [3.63, 3.8) is 0 Å². The molecule has 0 radical (unpaired) electrons. The van der Waals surface area contributed by atoms with Crippen molar-refractivity contribution < 1.29 is 4.79 Å². The molecule has 1 heterocycles. The molecular formula is C14H21N3O. The number of nitrogens with zero attached hydrogens (tertiary/aromatic N) is 1. The lowest BCUT2D eigenvalue weighted by atomic mass is 9.97. The van der Waals surface area contributed by atoms with Crippen molar-refractivity contribution in [2.24, 2.45) is 5.73 Å². The van der Waals surface area contributed by atoms with E-state index in [-0.39, 0.29) is 18.0 Å². The fraction of sp³-hybridized carbons (Fsp3) is 0.500. The molecule has 0 saturated heterocycles. The van der Waals surface area contributed by atoms with Gasteiger partial charge in [-0.3, -0.25) is 4.79 Å². The fourth-order valence-corrected chi connectivity index (χ4v) is 2.49. The molecule has 4 heteroatoms. The summed E-state index contributed by atoms with van der Waals surface area (Å²) < 4.78 is 0. The monoisotopic (exact) mass is 247 g/mol. The molecule has 2 atom stereocenters. The highest BCUT2D eigenvalue weighted by molar-refractivity contribution is 5.85. The third-order valence-corrected chi connectivity index (χ3v) is 3.41. The van der Waals surface area contributed by atoms with Crippen molar-refractivity contribution in [1.29, 1.82) is 0 Å². The summed E-state index contributed by atoms with van der Waals surface area (Å²) >= 11 is 0. The van der Waals surface area contributed by atoms with Gasteiger partial charge in [-0.25, -0.2) is 0 Å². The normalized spacial score (nSPS) is 20.2. The Bertz CT molecular complexity index is 433. The highest BCUT2D eigenvalue weighted by atomic mass is 16.2. The van der Waals surface area contributed by atoms with Gasteiger partial charge in [-0.2, -0.15) is 0 Å². The van der Waals surface area contributed by atoms with Crippen LogP contribution in [-0.2, 0) is 11.2 Å². The summed E-state index contributed by atoms with van der Waals surface area (Å²) in [6.45, 7) is 5.25. The molecule has 18 heavy (non-hydrogen) atoms. The molecule has 3 N–H and O–H groups in total. The topological polar surface area (TPSA) is 58.4 Å². The first kappa shape index (κ1) is 12.9. The minimum absolute atomic E-state index is 0.0569. The zero-order chi connectivity index (χ0) is 13.1. The fourth-order valence-electron chi connectivity index (χ4n) is 2.49. The lowest BCUT2D eigenvalue weighted by Gasteiger charge is -2.38. The number of rotatable bonds is 3. The van der Waals surface area contributed by atoms with E-state index in [4.69, 9.17) is 5.73 Å². The molecule has 0 aromatic heterocycles. The van der Waals surface area contributed by atoms with Crippen LogP contribution in [0.1, 0.15) is 19.4 Å². The van der Waals surface area contributed by atoms with E-state index in [1.807, 2.05) is 26.0 Å². The van der Waals surface area contributed by atoms with Crippen LogP contribution in [0.25, 0.3) is 0 Å². The third kappa shape index (κ3) is 2.48. The summed E-state index contributed by atoms with van der Waals surface area (Å²) in [4.78, 5) is 14.1. The second-order valence-electron chi connectivity index (χ2n) is 4.82. The number of amides is 1. The Labute approximate surface area is 108 Å². The average Bonchev–Trinajstić information content (AvgIpc) is 2.37. The number of carbonyl (C=O) groups excluding carboxylic acids is 1. The van der Waals surface area contributed by atoms with Gasteiger partial charge >= 0.3 is 0 Å². The Hall–Kier alpha value is -1.55. The van der Waals surface area contributed by atoms with Crippen molar-refractivity contribution in [2.45, 2.75) is 32.4 Å². The maximum atomic E-state index is 12.0. The number of nitrogens with one attached hydrogen (secondary N) is 1. The van der Waals surface area contributed by atoms with Crippen LogP contribution in [0.5, 0.6) is 0 Å². The summed E-state index contributed by atoms with van der Waals surface area (Å²) in [5, 5.41) is 2.87. The molecule has 0 saturated carbocycles. The molecule has 1 aromatic carbocycles. The van der Waals surface area contributed by atoms with Gasteiger partial charge in [-0.1, -0.05) is 18.2 Å². The molecular weight excluding hydrogens is 226 g/mol. The number of carbonyl (C=O) groups is 1. The summed E-state index contributed by atoms with van der Waals surface area (Å²) in [5.41, 5.74) is 8.44. The van der Waals surface area contributed by atoms with E-state index in [0.717, 1.165) is 18.7 Å².